The molecule has 0 unspecified atom stereocenters. The second kappa shape index (κ2) is 2.59. The van der Waals surface area contributed by atoms with Crippen molar-refractivity contribution in [1.29, 1.82) is 0 Å². The zero-order valence-corrected chi connectivity index (χ0v) is 8.24. The van der Waals surface area contributed by atoms with Crippen molar-refractivity contribution >= 4 is 11.1 Å². The lowest BCUT2D eigenvalue weighted by atomic mass is 10.1. The molecule has 0 bridgehead atoms. The third kappa shape index (κ3) is 1.32. The summed E-state index contributed by atoms with van der Waals surface area (Å²) in [7, 11) is 0. The van der Waals surface area contributed by atoms with Gasteiger partial charge in [-0.25, -0.2) is 0 Å². The first-order chi connectivity index (χ1) is 6.09. The molecule has 2 heteroatoms. The Kier molecular flexibility index (Phi) is 1.65. The Hall–Kier alpha value is -1.31. The fourth-order valence-electron chi connectivity index (χ4n) is 1.46. The number of rotatable bonds is 0. The van der Waals surface area contributed by atoms with Gasteiger partial charge in [-0.15, -0.1) is 0 Å². The van der Waals surface area contributed by atoms with E-state index >= 15 is 0 Å². The van der Waals surface area contributed by atoms with Crippen LogP contribution in [0.15, 0.2) is 35.1 Å². The van der Waals surface area contributed by atoms with Crippen LogP contribution < -0.4 is 4.57 Å². The van der Waals surface area contributed by atoms with Gasteiger partial charge in [0.15, 0.2) is 11.7 Å². The molecule has 2 rings (SSSR count). The average molecular weight is 176 g/mol. The van der Waals surface area contributed by atoms with Crippen molar-refractivity contribution in [3.8, 4) is 0 Å². The summed E-state index contributed by atoms with van der Waals surface area (Å²) in [6, 6.07) is 6.09. The van der Waals surface area contributed by atoms with E-state index in [-0.39, 0.29) is 5.54 Å². The van der Waals surface area contributed by atoms with Gasteiger partial charge in [-0.3, -0.25) is 0 Å². The highest BCUT2D eigenvalue weighted by atomic mass is 16.3. The predicted octanol–water partition coefficient (Wildman–Crippen LogP) is 2.48. The van der Waals surface area contributed by atoms with Crippen molar-refractivity contribution in [1.82, 2.24) is 0 Å². The van der Waals surface area contributed by atoms with Gasteiger partial charge in [0.1, 0.15) is 0 Å². The van der Waals surface area contributed by atoms with E-state index in [1.165, 1.54) is 0 Å². The third-order valence-electron chi connectivity index (χ3n) is 2.13. The van der Waals surface area contributed by atoms with Crippen LogP contribution in [0.2, 0.25) is 0 Å². The summed E-state index contributed by atoms with van der Waals surface area (Å²) in [5.41, 5.74) is 1.01. The van der Waals surface area contributed by atoms with Gasteiger partial charge in [0.05, 0.1) is 11.6 Å². The number of nitrogens with zero attached hydrogens (tertiary/aromatic N) is 1. The van der Waals surface area contributed by atoms with E-state index in [9.17, 15) is 0 Å². The lowest BCUT2D eigenvalue weighted by molar-refractivity contribution is -0.736. The largest absolute Gasteiger partial charge is 0.413 e. The smallest absolute Gasteiger partial charge is 0.380 e. The SMILES string of the molecule is CC(C)(C)[n+]1cccc2ccoc21. The Bertz CT molecular complexity index is 423. The summed E-state index contributed by atoms with van der Waals surface area (Å²) in [4.78, 5) is 0. The summed E-state index contributed by atoms with van der Waals surface area (Å²) in [6.45, 7) is 6.48. The normalized spacial score (nSPS) is 12.2. The Morgan fingerprint density at radius 1 is 1.23 bits per heavy atom. The van der Waals surface area contributed by atoms with Crippen LogP contribution >= 0.6 is 0 Å². The number of aromatic nitrogens is 1. The second-order valence-electron chi connectivity index (χ2n) is 4.23. The number of hydrogen-bond acceptors (Lipinski definition) is 1. The highest BCUT2D eigenvalue weighted by molar-refractivity contribution is 5.69. The molecule has 0 fully saturated rings. The summed E-state index contributed by atoms with van der Waals surface area (Å²) in [6.07, 6.45) is 3.78. The fraction of sp³-hybridized carbons (Fsp3) is 0.364. The molecule has 0 radical (unpaired) electrons. The van der Waals surface area contributed by atoms with E-state index < -0.39 is 0 Å². The van der Waals surface area contributed by atoms with Gasteiger partial charge in [0.25, 0.3) is 0 Å². The maximum Gasteiger partial charge on any atom is 0.380 e. The van der Waals surface area contributed by atoms with Gasteiger partial charge in [-0.05, 0) is 12.1 Å². The molecule has 0 aliphatic heterocycles. The zero-order valence-electron chi connectivity index (χ0n) is 8.24. The van der Waals surface area contributed by atoms with Gasteiger partial charge in [0, 0.05) is 26.8 Å². The maximum atomic E-state index is 5.44. The molecular formula is C11H14NO+. The summed E-state index contributed by atoms with van der Waals surface area (Å²) < 4.78 is 7.58. The minimum Gasteiger partial charge on any atom is -0.413 e. The van der Waals surface area contributed by atoms with Crippen molar-refractivity contribution < 1.29 is 8.98 Å². The highest BCUT2D eigenvalue weighted by Gasteiger charge is 2.25. The summed E-state index contributed by atoms with van der Waals surface area (Å²) in [5.74, 6) is 0. The summed E-state index contributed by atoms with van der Waals surface area (Å²) in [5, 5.41) is 1.15. The van der Waals surface area contributed by atoms with E-state index in [1.807, 2.05) is 18.3 Å². The molecule has 0 spiro atoms. The number of pyridine rings is 1. The molecule has 2 heterocycles. The van der Waals surface area contributed by atoms with E-state index in [4.69, 9.17) is 4.42 Å². The Labute approximate surface area is 77.8 Å². The molecule has 0 atom stereocenters. The second-order valence-corrected chi connectivity index (χ2v) is 4.23. The Morgan fingerprint density at radius 3 is 2.69 bits per heavy atom. The van der Waals surface area contributed by atoms with Crippen molar-refractivity contribution in [2.24, 2.45) is 0 Å². The topological polar surface area (TPSA) is 17.0 Å². The van der Waals surface area contributed by atoms with Crippen molar-refractivity contribution in [3.63, 3.8) is 0 Å². The lowest BCUT2D eigenvalue weighted by Crippen LogP contribution is -2.50. The third-order valence-corrected chi connectivity index (χ3v) is 2.13. The van der Waals surface area contributed by atoms with Gasteiger partial charge in [-0.1, -0.05) is 0 Å². The van der Waals surface area contributed by atoms with Gasteiger partial charge in [-0.2, -0.15) is 4.57 Å². The van der Waals surface area contributed by atoms with Crippen molar-refractivity contribution in [3.05, 3.63) is 30.7 Å². The molecule has 68 valence electrons. The van der Waals surface area contributed by atoms with Crippen LogP contribution in [-0.4, -0.2) is 0 Å². The van der Waals surface area contributed by atoms with Crippen molar-refractivity contribution in [2.45, 2.75) is 26.3 Å². The molecule has 0 amide bonds. The van der Waals surface area contributed by atoms with Gasteiger partial charge < -0.3 is 4.42 Å². The molecule has 0 saturated carbocycles. The minimum absolute atomic E-state index is 0.0668. The van der Waals surface area contributed by atoms with E-state index in [2.05, 4.69) is 31.4 Å². The monoisotopic (exact) mass is 176 g/mol. The van der Waals surface area contributed by atoms with Crippen LogP contribution in [0.1, 0.15) is 20.8 Å². The number of fused-ring (bicyclic) bond motifs is 1. The molecule has 0 aromatic carbocycles. The first kappa shape index (κ1) is 8.30. The molecule has 0 aliphatic carbocycles. The molecule has 13 heavy (non-hydrogen) atoms. The van der Waals surface area contributed by atoms with Crippen LogP contribution in [-0.2, 0) is 5.54 Å². The molecule has 2 aromatic rings. The first-order valence-electron chi connectivity index (χ1n) is 4.47. The van der Waals surface area contributed by atoms with E-state index in [0.717, 1.165) is 11.1 Å². The molecular weight excluding hydrogens is 162 g/mol. The molecule has 2 aromatic heterocycles. The minimum atomic E-state index is 0.0668. The van der Waals surface area contributed by atoms with Crippen LogP contribution in [0.25, 0.3) is 11.1 Å². The average Bonchev–Trinajstić information content (AvgIpc) is 2.48. The quantitative estimate of drug-likeness (QED) is 0.563. The standard InChI is InChI=1S/C11H14NO/c1-11(2,3)12-7-4-5-9-6-8-13-10(9)12/h4-8H,1-3H3/q+1. The van der Waals surface area contributed by atoms with Gasteiger partial charge in [0.2, 0.25) is 0 Å². The fourth-order valence-corrected chi connectivity index (χ4v) is 1.46. The van der Waals surface area contributed by atoms with Crippen LogP contribution in [0.4, 0.5) is 0 Å². The Balaban J connectivity index is 2.75. The number of hydrogen-bond donors (Lipinski definition) is 0. The van der Waals surface area contributed by atoms with Crippen LogP contribution in [0.5, 0.6) is 0 Å². The predicted molar refractivity (Wildman–Crippen MR) is 51.4 cm³/mol. The van der Waals surface area contributed by atoms with Gasteiger partial charge >= 0.3 is 5.71 Å². The highest BCUT2D eigenvalue weighted by Crippen LogP contribution is 2.14. The lowest BCUT2D eigenvalue weighted by Gasteiger charge is -2.11. The molecule has 0 aliphatic rings. The van der Waals surface area contributed by atoms with Crippen LogP contribution in [0.3, 0.4) is 0 Å². The first-order valence-corrected chi connectivity index (χ1v) is 4.47. The van der Waals surface area contributed by atoms with Crippen molar-refractivity contribution in [2.75, 3.05) is 0 Å². The molecule has 0 N–H and O–H groups in total. The number of furan rings is 1. The van der Waals surface area contributed by atoms with E-state index in [0.29, 0.717) is 0 Å². The summed E-state index contributed by atoms with van der Waals surface area (Å²) >= 11 is 0. The molecule has 0 saturated heterocycles. The van der Waals surface area contributed by atoms with Crippen LogP contribution in [0, 0.1) is 0 Å². The Morgan fingerprint density at radius 2 is 2.00 bits per heavy atom. The zero-order chi connectivity index (χ0) is 9.47. The molecule has 2 nitrogen and oxygen atoms in total. The van der Waals surface area contributed by atoms with E-state index in [1.54, 1.807) is 6.26 Å². The maximum absolute atomic E-state index is 5.44.